The molecule has 0 saturated heterocycles. The smallest absolute Gasteiger partial charge is 0.255 e. The van der Waals surface area contributed by atoms with Gasteiger partial charge in [-0.1, -0.05) is 36.4 Å². The third kappa shape index (κ3) is 5.16. The molecule has 0 atom stereocenters. The van der Waals surface area contributed by atoms with Gasteiger partial charge in [-0.2, -0.15) is 10.2 Å². The van der Waals surface area contributed by atoms with Crippen molar-refractivity contribution in [3.05, 3.63) is 113 Å². The lowest BCUT2D eigenvalue weighted by atomic mass is 10.1. The second-order valence-corrected chi connectivity index (χ2v) is 10.1. The molecule has 0 unspecified atom stereocenters. The summed E-state index contributed by atoms with van der Waals surface area (Å²) >= 11 is 0. The van der Waals surface area contributed by atoms with Crippen molar-refractivity contribution in [3.63, 3.8) is 0 Å². The molecule has 7 heteroatoms. The van der Waals surface area contributed by atoms with Gasteiger partial charge in [0.1, 0.15) is 0 Å². The van der Waals surface area contributed by atoms with Gasteiger partial charge in [0.25, 0.3) is 5.91 Å². The third-order valence-electron chi connectivity index (χ3n) is 6.95. The lowest BCUT2D eigenvalue weighted by Crippen LogP contribution is -2.23. The van der Waals surface area contributed by atoms with Crippen molar-refractivity contribution in [1.82, 2.24) is 29.9 Å². The van der Waals surface area contributed by atoms with Gasteiger partial charge in [-0.3, -0.25) is 19.1 Å². The average Bonchev–Trinajstić information content (AvgIpc) is 3.54. The summed E-state index contributed by atoms with van der Waals surface area (Å²) in [5.74, 6) is 0.321. The molecule has 1 N–H and O–H groups in total. The first-order chi connectivity index (χ1) is 18.0. The molecule has 3 aromatic heterocycles. The van der Waals surface area contributed by atoms with Crippen LogP contribution in [0.3, 0.4) is 0 Å². The van der Waals surface area contributed by atoms with E-state index in [1.807, 2.05) is 54.1 Å². The molecule has 37 heavy (non-hydrogen) atoms. The molecule has 2 aromatic carbocycles. The Hall–Kier alpha value is -4.26. The minimum atomic E-state index is -0.0657. The van der Waals surface area contributed by atoms with E-state index in [9.17, 15) is 4.79 Å². The van der Waals surface area contributed by atoms with Crippen molar-refractivity contribution in [2.24, 2.45) is 0 Å². The SMILES string of the molecule is Cc1cnn(Cc2ccc(Cn3cc(C(=O)NCc4ccc5c(C)nccc5c4)c(C4CC4)n3)cc2)c1. The number of aryl methyl sites for hydroxylation is 2. The third-order valence-corrected chi connectivity index (χ3v) is 6.95. The fourth-order valence-corrected chi connectivity index (χ4v) is 4.79. The zero-order valence-corrected chi connectivity index (χ0v) is 21.2. The molecule has 1 fully saturated rings. The molecule has 1 aliphatic carbocycles. The molecule has 0 spiro atoms. The Morgan fingerprint density at radius 3 is 2.38 bits per heavy atom. The van der Waals surface area contributed by atoms with Gasteiger partial charge in [-0.25, -0.2) is 0 Å². The van der Waals surface area contributed by atoms with Gasteiger partial charge in [0.2, 0.25) is 0 Å². The number of aromatic nitrogens is 5. The van der Waals surface area contributed by atoms with E-state index in [0.29, 0.717) is 24.6 Å². The van der Waals surface area contributed by atoms with E-state index in [4.69, 9.17) is 5.10 Å². The van der Waals surface area contributed by atoms with E-state index in [-0.39, 0.29) is 5.91 Å². The minimum absolute atomic E-state index is 0.0657. The zero-order chi connectivity index (χ0) is 25.4. The number of hydrogen-bond acceptors (Lipinski definition) is 4. The number of benzene rings is 2. The Morgan fingerprint density at radius 1 is 0.946 bits per heavy atom. The van der Waals surface area contributed by atoms with Crippen molar-refractivity contribution in [1.29, 1.82) is 0 Å². The van der Waals surface area contributed by atoms with Crippen LogP contribution in [0.1, 0.15) is 62.8 Å². The van der Waals surface area contributed by atoms with E-state index in [0.717, 1.165) is 58.2 Å². The van der Waals surface area contributed by atoms with E-state index < -0.39 is 0 Å². The Labute approximate surface area is 216 Å². The predicted octanol–water partition coefficient (Wildman–Crippen LogP) is 5.15. The maximum Gasteiger partial charge on any atom is 0.255 e. The standard InChI is InChI=1S/C30H30N6O/c1-20-14-33-35(16-20)17-22-3-5-23(6-4-22)18-36-19-28(29(34-36)25-8-9-25)30(37)32-15-24-7-10-27-21(2)31-12-11-26(27)13-24/h3-7,10-14,16,19,25H,8-9,15,17-18H2,1-2H3,(H,32,37). The fourth-order valence-electron chi connectivity index (χ4n) is 4.79. The highest BCUT2D eigenvalue weighted by atomic mass is 16.1. The van der Waals surface area contributed by atoms with Crippen LogP contribution in [-0.4, -0.2) is 30.5 Å². The highest BCUT2D eigenvalue weighted by molar-refractivity contribution is 5.95. The quantitative estimate of drug-likeness (QED) is 0.326. The van der Waals surface area contributed by atoms with Crippen molar-refractivity contribution in [2.45, 2.75) is 52.2 Å². The van der Waals surface area contributed by atoms with Crippen LogP contribution >= 0.6 is 0 Å². The maximum atomic E-state index is 13.2. The van der Waals surface area contributed by atoms with Gasteiger partial charge in [-0.15, -0.1) is 0 Å². The first kappa shape index (κ1) is 23.2. The predicted molar refractivity (Wildman–Crippen MR) is 143 cm³/mol. The molecular weight excluding hydrogens is 460 g/mol. The Morgan fingerprint density at radius 2 is 1.68 bits per heavy atom. The second-order valence-electron chi connectivity index (χ2n) is 10.1. The van der Waals surface area contributed by atoms with E-state index in [1.165, 1.54) is 5.56 Å². The number of carbonyl (C=O) groups excluding carboxylic acids is 1. The highest BCUT2D eigenvalue weighted by Crippen LogP contribution is 2.40. The molecule has 3 heterocycles. The summed E-state index contributed by atoms with van der Waals surface area (Å²) in [7, 11) is 0. The summed E-state index contributed by atoms with van der Waals surface area (Å²) in [6.45, 7) is 5.91. The molecule has 186 valence electrons. The lowest BCUT2D eigenvalue weighted by molar-refractivity contribution is 0.0950. The fraction of sp³-hybridized carbons (Fsp3) is 0.267. The van der Waals surface area contributed by atoms with Gasteiger partial charge in [0.15, 0.2) is 0 Å². The number of nitrogens with one attached hydrogen (secondary N) is 1. The van der Waals surface area contributed by atoms with Crippen LogP contribution in [-0.2, 0) is 19.6 Å². The van der Waals surface area contributed by atoms with Crippen LogP contribution in [0.5, 0.6) is 0 Å². The molecule has 7 nitrogen and oxygen atoms in total. The molecule has 0 bridgehead atoms. The summed E-state index contributed by atoms with van der Waals surface area (Å²) in [6, 6.07) is 16.8. The average molecular weight is 491 g/mol. The maximum absolute atomic E-state index is 13.2. The summed E-state index contributed by atoms with van der Waals surface area (Å²) in [5.41, 5.74) is 7.20. The first-order valence-electron chi connectivity index (χ1n) is 12.8. The summed E-state index contributed by atoms with van der Waals surface area (Å²) in [6.07, 6.45) is 9.83. The van der Waals surface area contributed by atoms with Crippen LogP contribution < -0.4 is 5.32 Å². The largest absolute Gasteiger partial charge is 0.348 e. The van der Waals surface area contributed by atoms with E-state index in [2.05, 4.69) is 57.9 Å². The van der Waals surface area contributed by atoms with Gasteiger partial charge >= 0.3 is 0 Å². The Bertz CT molecular complexity index is 1580. The molecular formula is C30H30N6O. The second kappa shape index (κ2) is 9.65. The van der Waals surface area contributed by atoms with Crippen molar-refractivity contribution in [2.75, 3.05) is 0 Å². The number of amides is 1. The minimum Gasteiger partial charge on any atom is -0.348 e. The van der Waals surface area contributed by atoms with Crippen LogP contribution in [0, 0.1) is 13.8 Å². The number of hydrogen-bond donors (Lipinski definition) is 1. The van der Waals surface area contributed by atoms with Crippen molar-refractivity contribution < 1.29 is 4.79 Å². The Balaban J connectivity index is 1.14. The molecule has 1 saturated carbocycles. The summed E-state index contributed by atoms with van der Waals surface area (Å²) in [5, 5.41) is 14.6. The summed E-state index contributed by atoms with van der Waals surface area (Å²) < 4.78 is 3.85. The van der Waals surface area contributed by atoms with Crippen LogP contribution in [0.4, 0.5) is 0 Å². The number of nitrogens with zero attached hydrogens (tertiary/aromatic N) is 5. The number of pyridine rings is 1. The number of rotatable bonds is 8. The number of fused-ring (bicyclic) bond motifs is 1. The zero-order valence-electron chi connectivity index (χ0n) is 21.2. The van der Waals surface area contributed by atoms with E-state index >= 15 is 0 Å². The molecule has 1 aliphatic rings. The van der Waals surface area contributed by atoms with Crippen LogP contribution in [0.25, 0.3) is 10.8 Å². The summed E-state index contributed by atoms with van der Waals surface area (Å²) in [4.78, 5) is 17.5. The lowest BCUT2D eigenvalue weighted by Gasteiger charge is -2.07. The molecule has 0 aliphatic heterocycles. The molecule has 5 aromatic rings. The monoisotopic (exact) mass is 490 g/mol. The molecule has 6 rings (SSSR count). The van der Waals surface area contributed by atoms with Crippen molar-refractivity contribution in [3.8, 4) is 0 Å². The molecule has 0 radical (unpaired) electrons. The highest BCUT2D eigenvalue weighted by Gasteiger charge is 2.31. The topological polar surface area (TPSA) is 77.6 Å². The van der Waals surface area contributed by atoms with Crippen LogP contribution in [0.15, 0.2) is 73.3 Å². The normalized spacial score (nSPS) is 13.2. The van der Waals surface area contributed by atoms with Gasteiger partial charge in [0.05, 0.1) is 30.5 Å². The molecule has 1 amide bonds. The van der Waals surface area contributed by atoms with E-state index in [1.54, 1.807) is 0 Å². The van der Waals surface area contributed by atoms with Gasteiger partial charge < -0.3 is 5.32 Å². The number of carbonyl (C=O) groups is 1. The van der Waals surface area contributed by atoms with Crippen molar-refractivity contribution >= 4 is 16.7 Å². The first-order valence-corrected chi connectivity index (χ1v) is 12.8. The van der Waals surface area contributed by atoms with Gasteiger partial charge in [0, 0.05) is 42.1 Å². The Kier molecular flexibility index (Phi) is 6.04. The van der Waals surface area contributed by atoms with Gasteiger partial charge in [-0.05, 0) is 66.5 Å². The van der Waals surface area contributed by atoms with Crippen LogP contribution in [0.2, 0.25) is 0 Å².